The van der Waals surface area contributed by atoms with Crippen LogP contribution >= 0.6 is 11.3 Å². The molecule has 0 aliphatic carbocycles. The van der Waals surface area contributed by atoms with Crippen molar-refractivity contribution in [3.63, 3.8) is 0 Å². The number of anilines is 1. The van der Waals surface area contributed by atoms with Crippen LogP contribution in [0.3, 0.4) is 0 Å². The molecule has 3 heterocycles. The normalized spacial score (nSPS) is 11.1. The van der Waals surface area contributed by atoms with Crippen LogP contribution in [-0.2, 0) is 6.42 Å². The van der Waals surface area contributed by atoms with Gasteiger partial charge in [-0.15, -0.1) is 11.3 Å². The molecule has 0 aromatic carbocycles. The lowest BCUT2D eigenvalue weighted by atomic mass is 10.2. The molecule has 0 aliphatic rings. The summed E-state index contributed by atoms with van der Waals surface area (Å²) >= 11 is 1.70. The first-order chi connectivity index (χ1) is 9.25. The maximum atomic E-state index is 4.34. The Labute approximate surface area is 114 Å². The summed E-state index contributed by atoms with van der Waals surface area (Å²) in [5.74, 6) is 1.77. The van der Waals surface area contributed by atoms with E-state index in [1.54, 1.807) is 17.7 Å². The van der Waals surface area contributed by atoms with E-state index in [1.807, 2.05) is 0 Å². The van der Waals surface area contributed by atoms with E-state index in [2.05, 4.69) is 44.3 Å². The molecular formula is C12H14N6S. The average Bonchev–Trinajstić information content (AvgIpc) is 3.00. The molecule has 0 unspecified atom stereocenters. The second kappa shape index (κ2) is 4.93. The molecule has 3 aromatic rings. The van der Waals surface area contributed by atoms with Gasteiger partial charge >= 0.3 is 0 Å². The van der Waals surface area contributed by atoms with Crippen molar-refractivity contribution in [1.82, 2.24) is 25.1 Å². The zero-order chi connectivity index (χ0) is 13.2. The van der Waals surface area contributed by atoms with Gasteiger partial charge < -0.3 is 5.32 Å². The van der Waals surface area contributed by atoms with Gasteiger partial charge in [0.2, 0.25) is 0 Å². The monoisotopic (exact) mass is 274 g/mol. The highest BCUT2D eigenvalue weighted by molar-refractivity contribution is 7.18. The van der Waals surface area contributed by atoms with Gasteiger partial charge in [-0.25, -0.2) is 15.0 Å². The first kappa shape index (κ1) is 12.0. The fourth-order valence-corrected chi connectivity index (χ4v) is 2.96. The molecule has 0 saturated carbocycles. The van der Waals surface area contributed by atoms with E-state index in [0.717, 1.165) is 34.8 Å². The molecule has 0 atom stereocenters. The number of hydrogen-bond acceptors (Lipinski definition) is 6. The molecule has 98 valence electrons. The van der Waals surface area contributed by atoms with Crippen LogP contribution in [0.25, 0.3) is 10.2 Å². The summed E-state index contributed by atoms with van der Waals surface area (Å²) in [6.07, 6.45) is 3.91. The van der Waals surface area contributed by atoms with Gasteiger partial charge in [0.1, 0.15) is 29.1 Å². The molecule has 0 aliphatic heterocycles. The largest absolute Gasteiger partial charge is 0.369 e. The highest BCUT2D eigenvalue weighted by Gasteiger charge is 2.11. The number of nitrogens with zero attached hydrogens (tertiary/aromatic N) is 4. The second-order valence-electron chi connectivity index (χ2n) is 4.29. The Hall–Kier alpha value is -2.02. The fraction of sp³-hybridized carbons (Fsp3) is 0.333. The number of rotatable bonds is 4. The molecule has 0 bridgehead atoms. The second-order valence-corrected chi connectivity index (χ2v) is 5.50. The molecule has 0 radical (unpaired) electrons. The van der Waals surface area contributed by atoms with Crippen LogP contribution in [0.5, 0.6) is 0 Å². The van der Waals surface area contributed by atoms with Crippen molar-refractivity contribution in [3.05, 3.63) is 28.9 Å². The van der Waals surface area contributed by atoms with Crippen LogP contribution in [0.4, 0.5) is 5.82 Å². The van der Waals surface area contributed by atoms with Crippen LogP contribution in [0.1, 0.15) is 16.3 Å². The SMILES string of the molecule is Cc1sc2ncnc(NCCc3ncn[nH]3)c2c1C. The van der Waals surface area contributed by atoms with Gasteiger partial charge in [-0.2, -0.15) is 5.10 Å². The van der Waals surface area contributed by atoms with E-state index in [9.17, 15) is 0 Å². The number of hydrogen-bond donors (Lipinski definition) is 2. The molecule has 3 aromatic heterocycles. The van der Waals surface area contributed by atoms with E-state index < -0.39 is 0 Å². The standard InChI is InChI=1S/C12H14N6S/c1-7-8(2)19-12-10(7)11(15-5-16-12)13-4-3-9-14-6-17-18-9/h5-6H,3-4H2,1-2H3,(H,13,15,16)(H,14,17,18). The van der Waals surface area contributed by atoms with Crippen LogP contribution < -0.4 is 5.32 Å². The molecule has 2 N–H and O–H groups in total. The molecule has 19 heavy (non-hydrogen) atoms. The molecule has 0 saturated heterocycles. The summed E-state index contributed by atoms with van der Waals surface area (Å²) in [5, 5.41) is 11.1. The molecule has 0 amide bonds. The van der Waals surface area contributed by atoms with Gasteiger partial charge in [0, 0.05) is 17.8 Å². The zero-order valence-electron chi connectivity index (χ0n) is 10.8. The van der Waals surface area contributed by atoms with Crippen molar-refractivity contribution in [2.75, 3.05) is 11.9 Å². The minimum atomic E-state index is 0.760. The number of fused-ring (bicyclic) bond motifs is 1. The number of aromatic nitrogens is 5. The third-order valence-corrected chi connectivity index (χ3v) is 4.20. The van der Waals surface area contributed by atoms with Crippen molar-refractivity contribution in [3.8, 4) is 0 Å². The zero-order valence-corrected chi connectivity index (χ0v) is 11.6. The number of thiophene rings is 1. The highest BCUT2D eigenvalue weighted by Crippen LogP contribution is 2.32. The lowest BCUT2D eigenvalue weighted by Crippen LogP contribution is -2.08. The molecule has 0 fully saturated rings. The Bertz CT molecular complexity index is 688. The Morgan fingerprint density at radius 2 is 2.11 bits per heavy atom. The van der Waals surface area contributed by atoms with Crippen molar-refractivity contribution in [1.29, 1.82) is 0 Å². The van der Waals surface area contributed by atoms with Gasteiger partial charge in [-0.05, 0) is 19.4 Å². The Kier molecular flexibility index (Phi) is 3.12. The van der Waals surface area contributed by atoms with Crippen LogP contribution in [0.15, 0.2) is 12.7 Å². The maximum absolute atomic E-state index is 4.34. The minimum absolute atomic E-state index is 0.760. The van der Waals surface area contributed by atoms with Crippen LogP contribution in [0.2, 0.25) is 0 Å². The van der Waals surface area contributed by atoms with Crippen LogP contribution in [0, 0.1) is 13.8 Å². The van der Waals surface area contributed by atoms with Crippen molar-refractivity contribution >= 4 is 27.4 Å². The molecule has 0 spiro atoms. The van der Waals surface area contributed by atoms with Crippen molar-refractivity contribution < 1.29 is 0 Å². The Morgan fingerprint density at radius 1 is 1.21 bits per heavy atom. The number of aromatic amines is 1. The van der Waals surface area contributed by atoms with Gasteiger partial charge in [-0.1, -0.05) is 0 Å². The summed E-state index contributed by atoms with van der Waals surface area (Å²) in [7, 11) is 0. The summed E-state index contributed by atoms with van der Waals surface area (Å²) in [6, 6.07) is 0. The Morgan fingerprint density at radius 3 is 2.89 bits per heavy atom. The molecule has 7 heteroatoms. The van der Waals surface area contributed by atoms with E-state index in [1.165, 1.54) is 16.8 Å². The minimum Gasteiger partial charge on any atom is -0.369 e. The lowest BCUT2D eigenvalue weighted by Gasteiger charge is -2.05. The summed E-state index contributed by atoms with van der Waals surface area (Å²) in [4.78, 5) is 15.1. The summed E-state index contributed by atoms with van der Waals surface area (Å²) in [6.45, 7) is 4.98. The highest BCUT2D eigenvalue weighted by atomic mass is 32.1. The maximum Gasteiger partial charge on any atom is 0.138 e. The third kappa shape index (κ3) is 2.28. The van der Waals surface area contributed by atoms with E-state index in [-0.39, 0.29) is 0 Å². The van der Waals surface area contributed by atoms with Crippen molar-refractivity contribution in [2.24, 2.45) is 0 Å². The first-order valence-corrected chi connectivity index (χ1v) is 6.86. The van der Waals surface area contributed by atoms with Gasteiger partial charge in [0.05, 0.1) is 5.39 Å². The van der Waals surface area contributed by atoms with Gasteiger partial charge in [0.15, 0.2) is 0 Å². The van der Waals surface area contributed by atoms with Crippen molar-refractivity contribution in [2.45, 2.75) is 20.3 Å². The number of aryl methyl sites for hydroxylation is 2. The third-order valence-electron chi connectivity index (χ3n) is 3.08. The topological polar surface area (TPSA) is 79.4 Å². The summed E-state index contributed by atoms with van der Waals surface area (Å²) in [5.41, 5.74) is 1.25. The molecule has 6 nitrogen and oxygen atoms in total. The van der Waals surface area contributed by atoms with E-state index in [0.29, 0.717) is 0 Å². The average molecular weight is 274 g/mol. The lowest BCUT2D eigenvalue weighted by molar-refractivity contribution is 0.897. The number of nitrogens with one attached hydrogen (secondary N) is 2. The van der Waals surface area contributed by atoms with E-state index >= 15 is 0 Å². The Balaban J connectivity index is 1.80. The van der Waals surface area contributed by atoms with E-state index in [4.69, 9.17) is 0 Å². The quantitative estimate of drug-likeness (QED) is 0.761. The smallest absolute Gasteiger partial charge is 0.138 e. The van der Waals surface area contributed by atoms with Crippen LogP contribution in [-0.4, -0.2) is 31.7 Å². The predicted octanol–water partition coefficient (Wildman–Crippen LogP) is 2.08. The summed E-state index contributed by atoms with van der Waals surface area (Å²) < 4.78 is 0. The fourth-order valence-electron chi connectivity index (χ4n) is 1.97. The number of H-pyrrole nitrogens is 1. The van der Waals surface area contributed by atoms with Gasteiger partial charge in [-0.3, -0.25) is 5.10 Å². The first-order valence-electron chi connectivity index (χ1n) is 6.04. The predicted molar refractivity (Wildman–Crippen MR) is 75.5 cm³/mol. The molecular weight excluding hydrogens is 260 g/mol. The van der Waals surface area contributed by atoms with Gasteiger partial charge in [0.25, 0.3) is 0 Å². The molecule has 3 rings (SSSR count).